The van der Waals surface area contributed by atoms with Gasteiger partial charge in [-0.05, 0) is 97.9 Å². The molecule has 2 amide bonds. The van der Waals surface area contributed by atoms with Gasteiger partial charge in [0.1, 0.15) is 18.2 Å². The monoisotopic (exact) mass is 773 g/mol. The van der Waals surface area contributed by atoms with Crippen molar-refractivity contribution in [1.82, 2.24) is 0 Å². The Labute approximate surface area is 344 Å². The molecule has 0 atom stereocenters. The number of hydrogen-bond acceptors (Lipinski definition) is 4. The maximum absolute atomic E-state index is 14.6. The predicted octanol–water partition coefficient (Wildman–Crippen LogP) is 14.8. The molecular weight excluding hydrogens is 705 g/mol. The number of carbonyl (C=O) groups excluding carboxylic acids is 2. The molecule has 0 saturated carbocycles. The van der Waals surface area contributed by atoms with Crippen LogP contribution in [0.4, 0.5) is 21.0 Å². The number of para-hydroxylation sites is 2. The van der Waals surface area contributed by atoms with Crippen LogP contribution in [0.5, 0.6) is 11.5 Å². The van der Waals surface area contributed by atoms with E-state index in [9.17, 15) is 9.59 Å². The molecule has 57 heavy (non-hydrogen) atoms. The van der Waals surface area contributed by atoms with Gasteiger partial charge >= 0.3 is 12.2 Å². The Hall–Kier alpha value is -4.58. The van der Waals surface area contributed by atoms with Crippen LogP contribution in [0.2, 0.25) is 0 Å². The number of hydrogen-bond donors (Lipinski definition) is 0. The van der Waals surface area contributed by atoms with E-state index in [2.05, 4.69) is 39.8 Å². The minimum Gasteiger partial charge on any atom is -0.410 e. The van der Waals surface area contributed by atoms with E-state index in [0.29, 0.717) is 22.9 Å². The lowest BCUT2D eigenvalue weighted by atomic mass is 9.96. The second-order valence-corrected chi connectivity index (χ2v) is 15.8. The molecule has 306 valence electrons. The molecule has 0 spiro atoms. The van der Waals surface area contributed by atoms with E-state index in [0.717, 1.165) is 86.5 Å². The van der Waals surface area contributed by atoms with Gasteiger partial charge in [-0.25, -0.2) is 9.59 Å². The van der Waals surface area contributed by atoms with Gasteiger partial charge in [-0.2, -0.15) is 0 Å². The molecule has 5 rings (SSSR count). The molecule has 0 saturated heterocycles. The number of rotatable bonds is 22. The summed E-state index contributed by atoms with van der Waals surface area (Å²) in [5.41, 5.74) is 7.88. The Morgan fingerprint density at radius 3 is 1.19 bits per heavy atom. The van der Waals surface area contributed by atoms with Gasteiger partial charge in [-0.3, -0.25) is 9.80 Å². The van der Waals surface area contributed by atoms with Gasteiger partial charge in [-0.15, -0.1) is 0 Å². The number of fused-ring (bicyclic) bond motifs is 3. The molecule has 1 heterocycles. The van der Waals surface area contributed by atoms with Gasteiger partial charge in [0.25, 0.3) is 0 Å². The van der Waals surface area contributed by atoms with Crippen molar-refractivity contribution in [3.63, 3.8) is 0 Å². The van der Waals surface area contributed by atoms with E-state index < -0.39 is 12.2 Å². The number of aryl methyl sites for hydroxylation is 2. The molecule has 4 aromatic rings. The average molecular weight is 773 g/mol. The molecule has 0 unspecified atom stereocenters. The molecular formula is C51H68N2O4. The average Bonchev–Trinajstić information content (AvgIpc) is 3.38. The number of unbranched alkanes of at least 4 members (excludes halogenated alkanes) is 12. The fraction of sp³-hybridized carbons (Fsp3) is 0.490. The van der Waals surface area contributed by atoms with Crippen LogP contribution >= 0.6 is 0 Å². The lowest BCUT2D eigenvalue weighted by molar-refractivity contribution is 0.202. The molecule has 0 bridgehead atoms. The summed E-state index contributed by atoms with van der Waals surface area (Å²) in [5.74, 6) is 1.22. The highest BCUT2D eigenvalue weighted by Crippen LogP contribution is 2.41. The molecule has 0 radical (unpaired) electrons. The Morgan fingerprint density at radius 2 is 0.807 bits per heavy atom. The third kappa shape index (κ3) is 12.2. The molecule has 1 aliphatic heterocycles. The van der Waals surface area contributed by atoms with Crippen molar-refractivity contribution in [3.05, 3.63) is 107 Å². The number of nitrogens with zero attached hydrogens (tertiary/aromatic N) is 2. The zero-order chi connectivity index (χ0) is 40.2. The summed E-state index contributed by atoms with van der Waals surface area (Å²) in [7, 11) is 0. The van der Waals surface area contributed by atoms with Crippen LogP contribution in [-0.2, 0) is 25.7 Å². The van der Waals surface area contributed by atoms with Gasteiger partial charge < -0.3 is 9.47 Å². The zero-order valence-corrected chi connectivity index (χ0v) is 35.5. The Balaban J connectivity index is 1.47. The summed E-state index contributed by atoms with van der Waals surface area (Å²) < 4.78 is 12.9. The zero-order valence-electron chi connectivity index (χ0n) is 35.5. The summed E-state index contributed by atoms with van der Waals surface area (Å²) in [6, 6.07) is 28.0. The van der Waals surface area contributed by atoms with Gasteiger partial charge in [0.15, 0.2) is 0 Å². The summed E-state index contributed by atoms with van der Waals surface area (Å²) in [5, 5.41) is 0. The van der Waals surface area contributed by atoms with Crippen molar-refractivity contribution in [2.75, 3.05) is 16.5 Å². The Kier molecular flexibility index (Phi) is 18.0. The van der Waals surface area contributed by atoms with Gasteiger partial charge in [0.05, 0.1) is 11.4 Å². The number of benzene rings is 4. The largest absolute Gasteiger partial charge is 0.421 e. The summed E-state index contributed by atoms with van der Waals surface area (Å²) >= 11 is 0. The van der Waals surface area contributed by atoms with Crippen LogP contribution < -0.4 is 19.3 Å². The SMILES string of the molecule is CCCCCCc1cccc(OC(=O)N2CN(C(=O)Oc3cccc(CCCCCC)c3CCCCCC)c3ccccc3-c3ccccc32)c1CCCCCC. The highest BCUT2D eigenvalue weighted by Gasteiger charge is 2.34. The van der Waals surface area contributed by atoms with E-state index in [-0.39, 0.29) is 6.67 Å². The second-order valence-electron chi connectivity index (χ2n) is 15.8. The molecule has 0 N–H and O–H groups in total. The molecule has 0 aliphatic carbocycles. The normalized spacial score (nSPS) is 12.2. The maximum Gasteiger partial charge on any atom is 0.421 e. The third-order valence-corrected chi connectivity index (χ3v) is 11.4. The molecule has 4 aromatic carbocycles. The highest BCUT2D eigenvalue weighted by molar-refractivity contribution is 6.04. The first-order valence-electron chi connectivity index (χ1n) is 22.4. The number of amides is 2. The van der Waals surface area contributed by atoms with Crippen molar-refractivity contribution in [2.45, 2.75) is 156 Å². The van der Waals surface area contributed by atoms with Crippen LogP contribution in [0.25, 0.3) is 11.1 Å². The maximum atomic E-state index is 14.6. The first-order valence-corrected chi connectivity index (χ1v) is 22.4. The standard InChI is InChI=1S/C51H68N2O4/c1-5-9-13-17-27-40-29-25-37-48(42(40)31-19-15-11-7-3)56-50(54)52-39-53(47-36-24-22-34-45(47)44-33-21-23-35-46(44)52)51(55)57-49-38-26-30-41(28-18-14-10-6-2)43(49)32-20-16-12-8-4/h21-26,29-30,33-38H,5-20,27-28,31-32,39H2,1-4H3. The lowest BCUT2D eigenvalue weighted by Gasteiger charge is -2.28. The fourth-order valence-electron chi connectivity index (χ4n) is 8.17. The molecule has 0 fully saturated rings. The highest BCUT2D eigenvalue weighted by atomic mass is 16.6. The molecule has 0 aromatic heterocycles. The molecule has 6 nitrogen and oxygen atoms in total. The van der Waals surface area contributed by atoms with Crippen molar-refractivity contribution >= 4 is 23.6 Å². The number of ether oxygens (including phenoxy) is 2. The second kappa shape index (κ2) is 23.6. The third-order valence-electron chi connectivity index (χ3n) is 11.4. The quantitative estimate of drug-likeness (QED) is 0.0747. The van der Waals surface area contributed by atoms with Crippen molar-refractivity contribution in [1.29, 1.82) is 0 Å². The Morgan fingerprint density at radius 1 is 0.439 bits per heavy atom. The van der Waals surface area contributed by atoms with Crippen molar-refractivity contribution in [2.24, 2.45) is 0 Å². The van der Waals surface area contributed by atoms with Crippen molar-refractivity contribution < 1.29 is 19.1 Å². The minimum absolute atomic E-state index is 0.0588. The van der Waals surface area contributed by atoms with Gasteiger partial charge in [0.2, 0.25) is 0 Å². The molecule has 1 aliphatic rings. The summed E-state index contributed by atoms with van der Waals surface area (Å²) in [4.78, 5) is 32.5. The number of anilines is 2. The van der Waals surface area contributed by atoms with E-state index in [1.807, 2.05) is 72.8 Å². The predicted molar refractivity (Wildman–Crippen MR) is 238 cm³/mol. The van der Waals surface area contributed by atoms with Crippen LogP contribution in [0.15, 0.2) is 84.9 Å². The first-order chi connectivity index (χ1) is 28.0. The topological polar surface area (TPSA) is 59.1 Å². The first kappa shape index (κ1) is 43.5. The van der Waals surface area contributed by atoms with Crippen LogP contribution in [0.1, 0.15) is 153 Å². The fourth-order valence-corrected chi connectivity index (χ4v) is 8.17. The van der Waals surface area contributed by atoms with Crippen LogP contribution in [0, 0.1) is 0 Å². The molecule has 6 heteroatoms. The lowest BCUT2D eigenvalue weighted by Crippen LogP contribution is -2.46. The Bertz CT molecular complexity index is 1720. The van der Waals surface area contributed by atoms with Crippen LogP contribution in [0.3, 0.4) is 0 Å². The smallest absolute Gasteiger partial charge is 0.410 e. The van der Waals surface area contributed by atoms with E-state index >= 15 is 0 Å². The van der Waals surface area contributed by atoms with E-state index in [4.69, 9.17) is 9.47 Å². The van der Waals surface area contributed by atoms with Crippen LogP contribution in [-0.4, -0.2) is 18.9 Å². The van der Waals surface area contributed by atoms with Gasteiger partial charge in [-0.1, -0.05) is 165 Å². The summed E-state index contributed by atoms with van der Waals surface area (Å²) in [6.07, 6.45) is 21.2. The van der Waals surface area contributed by atoms with E-state index in [1.165, 1.54) is 75.3 Å². The van der Waals surface area contributed by atoms with Gasteiger partial charge in [0, 0.05) is 11.1 Å². The number of carbonyl (C=O) groups is 2. The van der Waals surface area contributed by atoms with E-state index in [1.54, 1.807) is 9.80 Å². The summed E-state index contributed by atoms with van der Waals surface area (Å²) in [6.45, 7) is 8.87. The minimum atomic E-state index is -0.517. The van der Waals surface area contributed by atoms with Crippen molar-refractivity contribution in [3.8, 4) is 22.6 Å².